The summed E-state index contributed by atoms with van der Waals surface area (Å²) in [6, 6.07) is 18.3. The van der Waals surface area contributed by atoms with Crippen LogP contribution >= 0.6 is 0 Å². The van der Waals surface area contributed by atoms with Crippen LogP contribution in [0.2, 0.25) is 0 Å². The first kappa shape index (κ1) is 19.4. The lowest BCUT2D eigenvalue weighted by Crippen LogP contribution is -2.29. The van der Waals surface area contributed by atoms with E-state index in [0.29, 0.717) is 19.6 Å². The molecule has 1 amide bonds. The number of likely N-dealkylation sites (tertiary alicyclic amines) is 1. The van der Waals surface area contributed by atoms with Crippen molar-refractivity contribution in [3.63, 3.8) is 0 Å². The molecule has 0 unspecified atom stereocenters. The molecule has 0 spiro atoms. The van der Waals surface area contributed by atoms with E-state index in [1.54, 1.807) is 0 Å². The summed E-state index contributed by atoms with van der Waals surface area (Å²) < 4.78 is 5.61. The minimum Gasteiger partial charge on any atom is -0.494 e. The van der Waals surface area contributed by atoms with E-state index in [9.17, 15) is 4.79 Å². The Morgan fingerprint density at radius 3 is 2.37 bits per heavy atom. The Labute approximate surface area is 162 Å². The summed E-state index contributed by atoms with van der Waals surface area (Å²) in [7, 11) is 0. The van der Waals surface area contributed by atoms with Gasteiger partial charge < -0.3 is 10.1 Å². The number of nitrogens with one attached hydrogen (secondary N) is 1. The molecule has 0 aromatic heterocycles. The minimum atomic E-state index is 0.0732. The predicted molar refractivity (Wildman–Crippen MR) is 109 cm³/mol. The van der Waals surface area contributed by atoms with Crippen molar-refractivity contribution in [3.8, 4) is 5.75 Å². The molecular weight excluding hydrogens is 336 g/mol. The fraction of sp³-hybridized carbons (Fsp3) is 0.435. The highest BCUT2D eigenvalue weighted by atomic mass is 16.5. The van der Waals surface area contributed by atoms with Gasteiger partial charge in [0.15, 0.2) is 0 Å². The third kappa shape index (κ3) is 7.06. The first-order valence-corrected chi connectivity index (χ1v) is 10.0. The zero-order chi connectivity index (χ0) is 18.7. The Morgan fingerprint density at radius 1 is 0.926 bits per heavy atom. The number of hydrogen-bond donors (Lipinski definition) is 1. The van der Waals surface area contributed by atoms with Gasteiger partial charge in [-0.15, -0.1) is 0 Å². The van der Waals surface area contributed by atoms with Crippen molar-refractivity contribution in [2.45, 2.75) is 45.2 Å². The summed E-state index contributed by atoms with van der Waals surface area (Å²) in [5, 5.41) is 2.99. The van der Waals surface area contributed by atoms with Gasteiger partial charge in [-0.1, -0.05) is 48.9 Å². The number of hydrogen-bond acceptors (Lipinski definition) is 3. The van der Waals surface area contributed by atoms with Gasteiger partial charge >= 0.3 is 0 Å². The number of nitrogens with zero attached hydrogens (tertiary/aromatic N) is 1. The number of para-hydroxylation sites is 1. The average Bonchev–Trinajstić information content (AvgIpc) is 2.72. The second-order valence-corrected chi connectivity index (χ2v) is 7.20. The molecule has 1 fully saturated rings. The smallest absolute Gasteiger partial charge is 0.220 e. The van der Waals surface area contributed by atoms with Crippen LogP contribution in [0.25, 0.3) is 0 Å². The van der Waals surface area contributed by atoms with Crippen LogP contribution in [-0.4, -0.2) is 30.5 Å². The zero-order valence-electron chi connectivity index (χ0n) is 16.0. The molecular formula is C23H30N2O2. The zero-order valence-corrected chi connectivity index (χ0v) is 16.0. The Bertz CT molecular complexity index is 679. The third-order valence-corrected chi connectivity index (χ3v) is 4.93. The standard InChI is InChI=1S/C23H30N2O2/c26-23(10-7-17-27-22-8-3-1-4-9-22)24-18-20-11-13-21(14-12-20)19-25-15-5-2-6-16-25/h1,3-4,8-9,11-14H,2,5-7,10,15-19H2,(H,24,26). The van der Waals surface area contributed by atoms with Gasteiger partial charge in [0.1, 0.15) is 5.75 Å². The number of piperidine rings is 1. The molecule has 27 heavy (non-hydrogen) atoms. The highest BCUT2D eigenvalue weighted by Gasteiger charge is 2.10. The topological polar surface area (TPSA) is 41.6 Å². The molecule has 2 aromatic carbocycles. The summed E-state index contributed by atoms with van der Waals surface area (Å²) in [5.74, 6) is 0.923. The van der Waals surface area contributed by atoms with Gasteiger partial charge in [0.25, 0.3) is 0 Å². The molecule has 1 aliphatic heterocycles. The van der Waals surface area contributed by atoms with Crippen molar-refractivity contribution < 1.29 is 9.53 Å². The lowest BCUT2D eigenvalue weighted by atomic mass is 10.1. The van der Waals surface area contributed by atoms with E-state index in [-0.39, 0.29) is 5.91 Å². The first-order valence-electron chi connectivity index (χ1n) is 10.0. The molecule has 3 rings (SSSR count). The molecule has 2 aromatic rings. The van der Waals surface area contributed by atoms with Gasteiger partial charge in [0, 0.05) is 19.5 Å². The van der Waals surface area contributed by atoms with Gasteiger partial charge in [-0.05, 0) is 55.6 Å². The van der Waals surface area contributed by atoms with E-state index in [1.807, 2.05) is 30.3 Å². The number of rotatable bonds is 9. The van der Waals surface area contributed by atoms with E-state index in [2.05, 4.69) is 34.5 Å². The Morgan fingerprint density at radius 2 is 1.63 bits per heavy atom. The maximum absolute atomic E-state index is 12.0. The monoisotopic (exact) mass is 366 g/mol. The number of amides is 1. The molecule has 0 atom stereocenters. The van der Waals surface area contributed by atoms with E-state index >= 15 is 0 Å². The van der Waals surface area contributed by atoms with Gasteiger partial charge in [0.05, 0.1) is 6.61 Å². The van der Waals surface area contributed by atoms with Crippen LogP contribution in [0, 0.1) is 0 Å². The number of carbonyl (C=O) groups excluding carboxylic acids is 1. The molecule has 1 heterocycles. The second-order valence-electron chi connectivity index (χ2n) is 7.20. The average molecular weight is 367 g/mol. The number of carbonyl (C=O) groups is 1. The van der Waals surface area contributed by atoms with Gasteiger partial charge in [-0.3, -0.25) is 9.69 Å². The maximum Gasteiger partial charge on any atom is 0.220 e. The first-order chi connectivity index (χ1) is 13.3. The van der Waals surface area contributed by atoms with Crippen molar-refractivity contribution in [1.82, 2.24) is 10.2 Å². The summed E-state index contributed by atoms with van der Waals surface area (Å²) in [4.78, 5) is 14.5. The molecule has 1 aliphatic rings. The second kappa shape index (κ2) is 10.7. The van der Waals surface area contributed by atoms with Crippen LogP contribution in [-0.2, 0) is 17.9 Å². The lowest BCUT2D eigenvalue weighted by molar-refractivity contribution is -0.121. The molecule has 0 bridgehead atoms. The normalized spacial score (nSPS) is 14.7. The van der Waals surface area contributed by atoms with Crippen LogP contribution in [0.1, 0.15) is 43.2 Å². The van der Waals surface area contributed by atoms with Gasteiger partial charge in [-0.2, -0.15) is 0 Å². The fourth-order valence-corrected chi connectivity index (χ4v) is 3.37. The molecule has 144 valence electrons. The molecule has 0 aliphatic carbocycles. The summed E-state index contributed by atoms with van der Waals surface area (Å²) >= 11 is 0. The fourth-order valence-electron chi connectivity index (χ4n) is 3.37. The molecule has 1 saturated heterocycles. The van der Waals surface area contributed by atoms with Crippen molar-refractivity contribution in [1.29, 1.82) is 0 Å². The summed E-state index contributed by atoms with van der Waals surface area (Å²) in [6.07, 6.45) is 5.21. The third-order valence-electron chi connectivity index (χ3n) is 4.93. The molecule has 4 nitrogen and oxygen atoms in total. The van der Waals surface area contributed by atoms with E-state index in [4.69, 9.17) is 4.74 Å². The van der Waals surface area contributed by atoms with E-state index < -0.39 is 0 Å². The highest BCUT2D eigenvalue weighted by molar-refractivity contribution is 5.75. The number of benzene rings is 2. The minimum absolute atomic E-state index is 0.0732. The van der Waals surface area contributed by atoms with Crippen molar-refractivity contribution in [2.24, 2.45) is 0 Å². The van der Waals surface area contributed by atoms with Crippen molar-refractivity contribution >= 4 is 5.91 Å². The van der Waals surface area contributed by atoms with Gasteiger partial charge in [-0.25, -0.2) is 0 Å². The van der Waals surface area contributed by atoms with Crippen molar-refractivity contribution in [2.75, 3.05) is 19.7 Å². The molecule has 0 radical (unpaired) electrons. The Hall–Kier alpha value is -2.33. The molecule has 0 saturated carbocycles. The van der Waals surface area contributed by atoms with E-state index in [0.717, 1.165) is 24.3 Å². The molecule has 1 N–H and O–H groups in total. The Kier molecular flexibility index (Phi) is 7.72. The van der Waals surface area contributed by atoms with Gasteiger partial charge in [0.2, 0.25) is 5.91 Å². The van der Waals surface area contributed by atoms with Crippen LogP contribution in [0.5, 0.6) is 5.75 Å². The van der Waals surface area contributed by atoms with E-state index in [1.165, 1.54) is 37.9 Å². The van der Waals surface area contributed by atoms with Crippen LogP contribution in [0.15, 0.2) is 54.6 Å². The lowest BCUT2D eigenvalue weighted by Gasteiger charge is -2.26. The largest absolute Gasteiger partial charge is 0.494 e. The summed E-state index contributed by atoms with van der Waals surface area (Å²) in [6.45, 7) is 4.61. The maximum atomic E-state index is 12.0. The molecule has 4 heteroatoms. The van der Waals surface area contributed by atoms with Crippen LogP contribution < -0.4 is 10.1 Å². The predicted octanol–water partition coefficient (Wildman–Crippen LogP) is 4.15. The van der Waals surface area contributed by atoms with Crippen LogP contribution in [0.4, 0.5) is 0 Å². The van der Waals surface area contributed by atoms with Crippen molar-refractivity contribution in [3.05, 3.63) is 65.7 Å². The highest BCUT2D eigenvalue weighted by Crippen LogP contribution is 2.14. The number of ether oxygens (including phenoxy) is 1. The summed E-state index contributed by atoms with van der Waals surface area (Å²) in [5.41, 5.74) is 2.50. The quantitative estimate of drug-likeness (QED) is 0.678. The Balaban J connectivity index is 1.31. The van der Waals surface area contributed by atoms with Crippen LogP contribution in [0.3, 0.4) is 0 Å². The SMILES string of the molecule is O=C(CCCOc1ccccc1)NCc1ccc(CN2CCCCC2)cc1.